The number of rotatable bonds is 4. The molecule has 2 heterocycles. The predicted octanol–water partition coefficient (Wildman–Crippen LogP) is 2.23. The highest BCUT2D eigenvalue weighted by Gasteiger charge is 2.29. The lowest BCUT2D eigenvalue weighted by atomic mass is 10.1. The Hall–Kier alpha value is -1.92. The van der Waals surface area contributed by atoms with Gasteiger partial charge in [0.05, 0.1) is 0 Å². The first kappa shape index (κ1) is 13.1. The van der Waals surface area contributed by atoms with Gasteiger partial charge in [-0.1, -0.05) is 13.0 Å². The van der Waals surface area contributed by atoms with Crippen LogP contribution in [0, 0.1) is 0 Å². The molecular formula is C14H14N4OS. The summed E-state index contributed by atoms with van der Waals surface area (Å²) >= 11 is 1.48. The Bertz CT molecular complexity index is 632. The highest BCUT2D eigenvalue weighted by molar-refractivity contribution is 7.99. The fraction of sp³-hybridized carbons (Fsp3) is 0.214. The van der Waals surface area contributed by atoms with Crippen molar-refractivity contribution in [3.8, 4) is 0 Å². The molecule has 6 heteroatoms. The van der Waals surface area contributed by atoms with Gasteiger partial charge < -0.3 is 10.6 Å². The van der Waals surface area contributed by atoms with Crippen LogP contribution in [-0.2, 0) is 4.79 Å². The number of hydrogen-bond donors (Lipinski definition) is 2. The Kier molecular flexibility index (Phi) is 3.66. The number of anilines is 1. The van der Waals surface area contributed by atoms with Crippen LogP contribution < -0.4 is 10.6 Å². The van der Waals surface area contributed by atoms with E-state index in [2.05, 4.69) is 20.6 Å². The number of nitrogens with zero attached hydrogens (tertiary/aromatic N) is 2. The molecule has 20 heavy (non-hydrogen) atoms. The van der Waals surface area contributed by atoms with Crippen LogP contribution in [0.4, 0.5) is 5.69 Å². The number of fused-ring (bicyclic) bond motifs is 1. The second kappa shape index (κ2) is 5.60. The summed E-state index contributed by atoms with van der Waals surface area (Å²) in [6, 6.07) is 7.47. The van der Waals surface area contributed by atoms with E-state index in [4.69, 9.17) is 0 Å². The van der Waals surface area contributed by atoms with Crippen LogP contribution in [0.25, 0.3) is 0 Å². The molecule has 0 saturated heterocycles. The first-order chi connectivity index (χ1) is 9.78. The van der Waals surface area contributed by atoms with Gasteiger partial charge >= 0.3 is 0 Å². The smallest absolute Gasteiger partial charge is 0.246 e. The van der Waals surface area contributed by atoms with E-state index in [0.29, 0.717) is 5.16 Å². The van der Waals surface area contributed by atoms with Crippen molar-refractivity contribution in [2.24, 2.45) is 0 Å². The van der Waals surface area contributed by atoms with Gasteiger partial charge in [-0.2, -0.15) is 0 Å². The molecule has 2 aromatic rings. The van der Waals surface area contributed by atoms with Crippen molar-refractivity contribution < 1.29 is 4.79 Å². The highest BCUT2D eigenvalue weighted by atomic mass is 32.2. The summed E-state index contributed by atoms with van der Waals surface area (Å²) in [5.74, 6) is -0.0000360. The molecule has 1 aromatic heterocycles. The van der Waals surface area contributed by atoms with Gasteiger partial charge in [0.25, 0.3) is 0 Å². The quantitative estimate of drug-likeness (QED) is 0.844. The Morgan fingerprint density at radius 1 is 1.35 bits per heavy atom. The van der Waals surface area contributed by atoms with Gasteiger partial charge in [0.2, 0.25) is 5.91 Å². The summed E-state index contributed by atoms with van der Waals surface area (Å²) in [5, 5.41) is 6.77. The Morgan fingerprint density at radius 3 is 2.90 bits per heavy atom. The summed E-state index contributed by atoms with van der Waals surface area (Å²) in [5.41, 5.74) is 1.86. The van der Waals surface area contributed by atoms with Crippen molar-refractivity contribution >= 4 is 23.4 Å². The Labute approximate surface area is 121 Å². The lowest BCUT2D eigenvalue weighted by molar-refractivity contribution is -0.117. The summed E-state index contributed by atoms with van der Waals surface area (Å²) in [7, 11) is 0. The van der Waals surface area contributed by atoms with Gasteiger partial charge in [-0.05, 0) is 36.5 Å². The van der Waals surface area contributed by atoms with Crippen LogP contribution >= 0.6 is 11.8 Å². The molecule has 0 bridgehead atoms. The van der Waals surface area contributed by atoms with Gasteiger partial charge in [-0.3, -0.25) is 4.79 Å². The van der Waals surface area contributed by atoms with E-state index in [1.54, 1.807) is 18.5 Å². The Morgan fingerprint density at radius 2 is 2.15 bits per heavy atom. The number of carbonyl (C=O) groups is 1. The monoisotopic (exact) mass is 286 g/mol. The molecule has 1 aromatic carbocycles. The number of amides is 1. The largest absolute Gasteiger partial charge is 0.324 e. The van der Waals surface area contributed by atoms with Crippen molar-refractivity contribution in [3.63, 3.8) is 0 Å². The lowest BCUT2D eigenvalue weighted by Gasteiger charge is -2.09. The number of aromatic nitrogens is 2. The van der Waals surface area contributed by atoms with E-state index in [9.17, 15) is 4.79 Å². The van der Waals surface area contributed by atoms with Gasteiger partial charge in [-0.25, -0.2) is 9.97 Å². The topological polar surface area (TPSA) is 66.9 Å². The average molecular weight is 286 g/mol. The molecule has 5 nitrogen and oxygen atoms in total. The van der Waals surface area contributed by atoms with E-state index in [1.807, 2.05) is 25.1 Å². The van der Waals surface area contributed by atoms with Crippen LogP contribution in [-0.4, -0.2) is 22.4 Å². The van der Waals surface area contributed by atoms with Crippen LogP contribution in [0.1, 0.15) is 18.5 Å². The van der Waals surface area contributed by atoms with E-state index in [-0.39, 0.29) is 11.9 Å². The molecule has 3 rings (SSSR count). The maximum Gasteiger partial charge on any atom is 0.246 e. The maximum atomic E-state index is 11.9. The normalized spacial score (nSPS) is 16.9. The zero-order valence-corrected chi connectivity index (χ0v) is 11.8. The SMILES string of the molecule is CCNC1C(=O)Nc2cc(Sc3ncccn3)ccc21. The van der Waals surface area contributed by atoms with E-state index in [1.165, 1.54) is 11.8 Å². The van der Waals surface area contributed by atoms with E-state index in [0.717, 1.165) is 22.7 Å². The molecule has 0 fully saturated rings. The molecular weight excluding hydrogens is 272 g/mol. The van der Waals surface area contributed by atoms with Crippen LogP contribution in [0.2, 0.25) is 0 Å². The predicted molar refractivity (Wildman–Crippen MR) is 77.6 cm³/mol. The molecule has 102 valence electrons. The maximum absolute atomic E-state index is 11.9. The van der Waals surface area contributed by atoms with Crippen LogP contribution in [0.15, 0.2) is 46.7 Å². The van der Waals surface area contributed by atoms with Gasteiger partial charge in [0.1, 0.15) is 6.04 Å². The first-order valence-electron chi connectivity index (χ1n) is 6.41. The number of nitrogens with one attached hydrogen (secondary N) is 2. The molecule has 1 unspecified atom stereocenters. The minimum atomic E-state index is -0.248. The van der Waals surface area contributed by atoms with E-state index < -0.39 is 0 Å². The second-order valence-corrected chi connectivity index (χ2v) is 5.40. The number of carbonyl (C=O) groups excluding carboxylic acids is 1. The highest BCUT2D eigenvalue weighted by Crippen LogP contribution is 2.35. The molecule has 2 N–H and O–H groups in total. The molecule has 1 aliphatic rings. The number of hydrogen-bond acceptors (Lipinski definition) is 5. The van der Waals surface area contributed by atoms with Gasteiger partial charge in [0.15, 0.2) is 5.16 Å². The minimum Gasteiger partial charge on any atom is -0.324 e. The fourth-order valence-electron chi connectivity index (χ4n) is 2.16. The molecule has 0 spiro atoms. The van der Waals surface area contributed by atoms with Gasteiger partial charge in [0, 0.05) is 28.5 Å². The molecule has 0 aliphatic carbocycles. The van der Waals surface area contributed by atoms with Crippen molar-refractivity contribution in [2.75, 3.05) is 11.9 Å². The number of benzene rings is 1. The molecule has 0 radical (unpaired) electrons. The Balaban J connectivity index is 1.84. The third-order valence-electron chi connectivity index (χ3n) is 3.02. The zero-order valence-electron chi connectivity index (χ0n) is 11.0. The van der Waals surface area contributed by atoms with Crippen molar-refractivity contribution in [1.82, 2.24) is 15.3 Å². The van der Waals surface area contributed by atoms with E-state index >= 15 is 0 Å². The average Bonchev–Trinajstić information content (AvgIpc) is 2.76. The molecule has 1 aliphatic heterocycles. The van der Waals surface area contributed by atoms with Crippen LogP contribution in [0.3, 0.4) is 0 Å². The van der Waals surface area contributed by atoms with Crippen molar-refractivity contribution in [3.05, 3.63) is 42.2 Å². The van der Waals surface area contributed by atoms with Crippen molar-refractivity contribution in [2.45, 2.75) is 23.0 Å². The summed E-state index contributed by atoms with van der Waals surface area (Å²) < 4.78 is 0. The van der Waals surface area contributed by atoms with Crippen molar-refractivity contribution in [1.29, 1.82) is 0 Å². The first-order valence-corrected chi connectivity index (χ1v) is 7.22. The molecule has 1 amide bonds. The van der Waals surface area contributed by atoms with Gasteiger partial charge in [-0.15, -0.1) is 0 Å². The third-order valence-corrected chi connectivity index (χ3v) is 3.90. The van der Waals surface area contributed by atoms with Crippen LogP contribution in [0.5, 0.6) is 0 Å². The number of likely N-dealkylation sites (N-methyl/N-ethyl adjacent to an activating group) is 1. The zero-order chi connectivity index (χ0) is 13.9. The molecule has 0 saturated carbocycles. The summed E-state index contributed by atoms with van der Waals surface area (Å²) in [4.78, 5) is 21.3. The fourth-order valence-corrected chi connectivity index (χ4v) is 2.91. The second-order valence-electron chi connectivity index (χ2n) is 4.36. The molecule has 1 atom stereocenters. The standard InChI is InChI=1S/C14H14N4OS/c1-2-15-12-10-5-4-9(8-11(10)18-13(12)19)20-14-16-6-3-7-17-14/h3-8,12,15H,2H2,1H3,(H,18,19). The summed E-state index contributed by atoms with van der Waals surface area (Å²) in [6.07, 6.45) is 3.43. The third kappa shape index (κ3) is 2.52. The minimum absolute atomic E-state index is 0.0000360. The lowest BCUT2D eigenvalue weighted by Crippen LogP contribution is -2.27. The summed E-state index contributed by atoms with van der Waals surface area (Å²) in [6.45, 7) is 2.74.